The molecule has 0 aromatic heterocycles. The van der Waals surface area contributed by atoms with E-state index in [2.05, 4.69) is 10.2 Å². The van der Waals surface area contributed by atoms with E-state index >= 15 is 0 Å². The van der Waals surface area contributed by atoms with Gasteiger partial charge < -0.3 is 19.9 Å². The number of ether oxygens (including phenoxy) is 1. The molecule has 1 saturated heterocycles. The van der Waals surface area contributed by atoms with Gasteiger partial charge in [0.1, 0.15) is 5.75 Å². The molecule has 0 spiro atoms. The molecule has 154 valence electrons. The Morgan fingerprint density at radius 1 is 0.967 bits per heavy atom. The summed E-state index contributed by atoms with van der Waals surface area (Å²) in [5.74, 6) is -1.23. The Hall–Kier alpha value is -3.68. The second kappa shape index (κ2) is 7.98. The Morgan fingerprint density at radius 3 is 2.33 bits per heavy atom. The van der Waals surface area contributed by atoms with Crippen LogP contribution in [0.25, 0.3) is 0 Å². The smallest absolute Gasteiger partial charge is 0.315 e. The lowest BCUT2D eigenvalue weighted by atomic mass is 10.1. The van der Waals surface area contributed by atoms with Crippen LogP contribution in [0.4, 0.5) is 11.4 Å². The van der Waals surface area contributed by atoms with Gasteiger partial charge in [-0.1, -0.05) is 6.07 Å². The first-order valence-corrected chi connectivity index (χ1v) is 9.70. The minimum atomic E-state index is -0.724. The number of fused-ring (bicyclic) bond motifs is 1. The maximum atomic E-state index is 12.5. The van der Waals surface area contributed by atoms with E-state index in [1.807, 2.05) is 12.1 Å². The lowest BCUT2D eigenvalue weighted by Crippen LogP contribution is -2.51. The molecule has 0 atom stereocenters. The summed E-state index contributed by atoms with van der Waals surface area (Å²) in [7, 11) is 0. The second-order valence-electron chi connectivity index (χ2n) is 7.31. The van der Waals surface area contributed by atoms with Crippen molar-refractivity contribution >= 4 is 34.9 Å². The molecule has 0 aliphatic carbocycles. The Balaban J connectivity index is 1.32. The van der Waals surface area contributed by atoms with Crippen LogP contribution in [-0.4, -0.2) is 54.6 Å². The average Bonchev–Trinajstić information content (AvgIpc) is 3.12. The molecule has 0 bridgehead atoms. The number of carbonyl (C=O) groups is 4. The van der Waals surface area contributed by atoms with Crippen LogP contribution in [-0.2, 0) is 20.8 Å². The fourth-order valence-electron chi connectivity index (χ4n) is 3.59. The van der Waals surface area contributed by atoms with Crippen LogP contribution in [0.5, 0.6) is 5.75 Å². The van der Waals surface area contributed by atoms with Crippen molar-refractivity contribution in [2.24, 2.45) is 0 Å². The molecule has 0 saturated carbocycles. The van der Waals surface area contributed by atoms with Gasteiger partial charge in [0.15, 0.2) is 5.78 Å². The van der Waals surface area contributed by atoms with E-state index in [9.17, 15) is 19.2 Å². The minimum Gasteiger partial charge on any atom is -0.426 e. The number of anilines is 2. The highest BCUT2D eigenvalue weighted by atomic mass is 16.5. The van der Waals surface area contributed by atoms with E-state index in [4.69, 9.17) is 4.74 Å². The standard InChI is InChI=1S/C22H21N3O5/c1-14(26)15-3-6-18(7-4-15)24-8-10-25(11-9-24)22(29)21(28)23-17-5-2-16-12-20(27)30-19(16)13-17/h2-7,13H,8-12H2,1H3,(H,23,28). The predicted molar refractivity (Wildman–Crippen MR) is 110 cm³/mol. The zero-order valence-electron chi connectivity index (χ0n) is 16.5. The van der Waals surface area contributed by atoms with Crippen LogP contribution < -0.4 is 15.0 Å². The maximum Gasteiger partial charge on any atom is 0.315 e. The zero-order valence-corrected chi connectivity index (χ0v) is 16.5. The third-order valence-electron chi connectivity index (χ3n) is 5.28. The summed E-state index contributed by atoms with van der Waals surface area (Å²) in [6.07, 6.45) is 0.213. The number of carbonyl (C=O) groups excluding carboxylic acids is 4. The Labute approximate surface area is 173 Å². The average molecular weight is 407 g/mol. The molecule has 30 heavy (non-hydrogen) atoms. The first-order chi connectivity index (χ1) is 14.4. The molecule has 2 aromatic carbocycles. The van der Waals surface area contributed by atoms with E-state index in [1.165, 1.54) is 11.8 Å². The fourth-order valence-corrected chi connectivity index (χ4v) is 3.59. The molecule has 2 aromatic rings. The molecular formula is C22H21N3O5. The van der Waals surface area contributed by atoms with E-state index in [0.29, 0.717) is 43.2 Å². The molecule has 1 fully saturated rings. The largest absolute Gasteiger partial charge is 0.426 e. The van der Waals surface area contributed by atoms with Crippen molar-refractivity contribution < 1.29 is 23.9 Å². The van der Waals surface area contributed by atoms with E-state index in [1.54, 1.807) is 30.3 Å². The predicted octanol–water partition coefficient (Wildman–Crippen LogP) is 1.64. The molecule has 1 N–H and O–H groups in total. The molecule has 8 nitrogen and oxygen atoms in total. The normalized spacial score (nSPS) is 15.4. The molecule has 0 unspecified atom stereocenters. The highest BCUT2D eigenvalue weighted by molar-refractivity contribution is 6.39. The maximum absolute atomic E-state index is 12.5. The number of benzene rings is 2. The van der Waals surface area contributed by atoms with Crippen molar-refractivity contribution in [1.82, 2.24) is 4.90 Å². The van der Waals surface area contributed by atoms with Gasteiger partial charge in [0.2, 0.25) is 0 Å². The lowest BCUT2D eigenvalue weighted by molar-refractivity contribution is -0.143. The first-order valence-electron chi connectivity index (χ1n) is 9.70. The molecular weight excluding hydrogens is 386 g/mol. The van der Waals surface area contributed by atoms with Crippen LogP contribution in [0.15, 0.2) is 42.5 Å². The summed E-state index contributed by atoms with van der Waals surface area (Å²) in [6.45, 7) is 3.55. The van der Waals surface area contributed by atoms with E-state index in [-0.39, 0.29) is 18.2 Å². The monoisotopic (exact) mass is 407 g/mol. The third kappa shape index (κ3) is 4.03. The van der Waals surface area contributed by atoms with E-state index < -0.39 is 11.8 Å². The van der Waals surface area contributed by atoms with Crippen LogP contribution in [0.3, 0.4) is 0 Å². The lowest BCUT2D eigenvalue weighted by Gasteiger charge is -2.35. The van der Waals surface area contributed by atoms with Crippen molar-refractivity contribution in [3.63, 3.8) is 0 Å². The van der Waals surface area contributed by atoms with Gasteiger partial charge in [-0.25, -0.2) is 0 Å². The van der Waals surface area contributed by atoms with Crippen LogP contribution in [0.1, 0.15) is 22.8 Å². The Bertz CT molecular complexity index is 1020. The molecule has 2 amide bonds. The minimum absolute atomic E-state index is 0.0181. The van der Waals surface area contributed by atoms with Crippen molar-refractivity contribution in [1.29, 1.82) is 0 Å². The summed E-state index contributed by atoms with van der Waals surface area (Å²) in [5, 5.41) is 2.58. The third-order valence-corrected chi connectivity index (χ3v) is 5.28. The van der Waals surface area contributed by atoms with Gasteiger partial charge in [0.05, 0.1) is 6.42 Å². The number of piperazine rings is 1. The SMILES string of the molecule is CC(=O)c1ccc(N2CCN(C(=O)C(=O)Nc3ccc4c(c3)OC(=O)C4)CC2)cc1. The quantitative estimate of drug-likeness (QED) is 0.360. The Kier molecular flexibility index (Phi) is 5.22. The van der Waals surface area contributed by atoms with Crippen molar-refractivity contribution in [2.75, 3.05) is 36.4 Å². The summed E-state index contributed by atoms with van der Waals surface area (Å²) < 4.78 is 5.07. The number of hydrogen-bond donors (Lipinski definition) is 1. The van der Waals surface area contributed by atoms with Crippen molar-refractivity contribution in [2.45, 2.75) is 13.3 Å². The summed E-state index contributed by atoms with van der Waals surface area (Å²) in [6, 6.07) is 12.3. The second-order valence-corrected chi connectivity index (χ2v) is 7.31. The highest BCUT2D eigenvalue weighted by Crippen LogP contribution is 2.29. The van der Waals surface area contributed by atoms with Gasteiger partial charge in [-0.05, 0) is 37.3 Å². The number of hydrogen-bond acceptors (Lipinski definition) is 6. The Morgan fingerprint density at radius 2 is 1.67 bits per heavy atom. The van der Waals surface area contributed by atoms with E-state index in [0.717, 1.165) is 11.3 Å². The van der Waals surface area contributed by atoms with Crippen molar-refractivity contribution in [3.8, 4) is 5.75 Å². The number of nitrogens with zero attached hydrogens (tertiary/aromatic N) is 2. The molecule has 8 heteroatoms. The molecule has 2 aliphatic rings. The van der Waals surface area contributed by atoms with Crippen LogP contribution >= 0.6 is 0 Å². The van der Waals surface area contributed by atoms with Gasteiger partial charge in [0.25, 0.3) is 0 Å². The number of amides is 2. The number of esters is 1. The van der Waals surface area contributed by atoms with Gasteiger partial charge in [-0.15, -0.1) is 0 Å². The number of nitrogens with one attached hydrogen (secondary N) is 1. The fraction of sp³-hybridized carbons (Fsp3) is 0.273. The molecule has 2 heterocycles. The number of ketones is 1. The summed E-state index contributed by atoms with van der Waals surface area (Å²) >= 11 is 0. The van der Waals surface area contributed by atoms with Crippen molar-refractivity contribution in [3.05, 3.63) is 53.6 Å². The number of Topliss-reactive ketones (excluding diaryl/α,β-unsaturated/α-hetero) is 1. The highest BCUT2D eigenvalue weighted by Gasteiger charge is 2.27. The van der Waals surface area contributed by atoms with Crippen LogP contribution in [0, 0.1) is 0 Å². The first kappa shape index (κ1) is 19.6. The van der Waals surface area contributed by atoms with Gasteiger partial charge in [0, 0.05) is 54.7 Å². The van der Waals surface area contributed by atoms with Gasteiger partial charge in [-0.2, -0.15) is 0 Å². The van der Waals surface area contributed by atoms with Gasteiger partial charge >= 0.3 is 17.8 Å². The van der Waals surface area contributed by atoms with Crippen LogP contribution in [0.2, 0.25) is 0 Å². The van der Waals surface area contributed by atoms with Gasteiger partial charge in [-0.3, -0.25) is 19.2 Å². The molecule has 4 rings (SSSR count). The molecule has 0 radical (unpaired) electrons. The summed E-state index contributed by atoms with van der Waals surface area (Å²) in [4.78, 5) is 51.3. The molecule has 2 aliphatic heterocycles. The topological polar surface area (TPSA) is 96.0 Å². The zero-order chi connectivity index (χ0) is 21.3. The number of rotatable bonds is 3. The summed E-state index contributed by atoms with van der Waals surface area (Å²) in [5.41, 5.74) is 2.80.